The lowest BCUT2D eigenvalue weighted by Crippen LogP contribution is -2.30. The molecular formula is C7H7ClN4. The predicted molar refractivity (Wildman–Crippen MR) is 48.8 cm³/mol. The van der Waals surface area contributed by atoms with Crippen molar-refractivity contribution >= 4 is 28.9 Å². The molecule has 2 heterocycles. The van der Waals surface area contributed by atoms with Gasteiger partial charge in [0.05, 0.1) is 5.02 Å². The largest absolute Gasteiger partial charge is 0.287 e. The Balaban J connectivity index is 2.53. The number of hydrogen-bond donors (Lipinski definition) is 2. The van der Waals surface area contributed by atoms with Crippen molar-refractivity contribution in [3.8, 4) is 0 Å². The van der Waals surface area contributed by atoms with Gasteiger partial charge in [-0.3, -0.25) is 10.9 Å². The Bertz CT molecular complexity index is 347. The topological polar surface area (TPSA) is 49.3 Å². The van der Waals surface area contributed by atoms with Crippen LogP contribution in [-0.2, 0) is 0 Å². The molecule has 0 unspecified atom stereocenters. The number of aromatic nitrogens is 1. The number of hydrazine groups is 1. The third-order valence-electron chi connectivity index (χ3n) is 1.48. The van der Waals surface area contributed by atoms with E-state index >= 15 is 0 Å². The van der Waals surface area contributed by atoms with Crippen LogP contribution in [0.15, 0.2) is 17.3 Å². The highest BCUT2D eigenvalue weighted by Gasteiger charge is 2.08. The lowest BCUT2D eigenvalue weighted by atomic mass is 10.4. The van der Waals surface area contributed by atoms with Crippen LogP contribution < -0.4 is 10.9 Å². The van der Waals surface area contributed by atoms with Crippen LogP contribution in [0.5, 0.6) is 0 Å². The minimum atomic E-state index is 0.592. The van der Waals surface area contributed by atoms with Crippen molar-refractivity contribution in [3.05, 3.63) is 17.3 Å². The molecule has 0 saturated carbocycles. The monoisotopic (exact) mass is 182 g/mol. The zero-order chi connectivity index (χ0) is 8.55. The maximum Gasteiger partial charge on any atom is 0.170 e. The molecule has 0 aliphatic carbocycles. The van der Waals surface area contributed by atoms with E-state index in [1.54, 1.807) is 12.3 Å². The third-order valence-corrected chi connectivity index (χ3v) is 1.69. The SMILES string of the molecule is CC1=Nc2cc(Cl)cnc2NN1. The molecular weight excluding hydrogens is 176 g/mol. The smallest absolute Gasteiger partial charge is 0.170 e. The number of nitrogens with zero attached hydrogens (tertiary/aromatic N) is 2. The van der Waals surface area contributed by atoms with Crippen molar-refractivity contribution in [3.63, 3.8) is 0 Å². The van der Waals surface area contributed by atoms with E-state index in [4.69, 9.17) is 11.6 Å². The second-order valence-electron chi connectivity index (χ2n) is 2.47. The number of anilines is 1. The van der Waals surface area contributed by atoms with Gasteiger partial charge in [-0.25, -0.2) is 9.98 Å². The van der Waals surface area contributed by atoms with Crippen LogP contribution in [0, 0.1) is 0 Å². The van der Waals surface area contributed by atoms with E-state index in [1.165, 1.54) is 0 Å². The van der Waals surface area contributed by atoms with Gasteiger partial charge < -0.3 is 0 Å². The minimum absolute atomic E-state index is 0.592. The molecule has 0 radical (unpaired) electrons. The molecule has 0 aromatic carbocycles. The van der Waals surface area contributed by atoms with Gasteiger partial charge in [-0.15, -0.1) is 0 Å². The van der Waals surface area contributed by atoms with E-state index in [0.717, 1.165) is 11.5 Å². The number of halogens is 1. The quantitative estimate of drug-likeness (QED) is 0.642. The van der Waals surface area contributed by atoms with Crippen molar-refractivity contribution in [1.29, 1.82) is 0 Å². The van der Waals surface area contributed by atoms with Gasteiger partial charge in [-0.1, -0.05) is 11.6 Å². The molecule has 2 N–H and O–H groups in total. The van der Waals surface area contributed by atoms with E-state index in [1.807, 2.05) is 6.92 Å². The first-order valence-electron chi connectivity index (χ1n) is 3.48. The van der Waals surface area contributed by atoms with Crippen molar-refractivity contribution in [2.45, 2.75) is 6.92 Å². The molecule has 2 rings (SSSR count). The lowest BCUT2D eigenvalue weighted by molar-refractivity contribution is 1.04. The van der Waals surface area contributed by atoms with Crippen LogP contribution in [0.3, 0.4) is 0 Å². The Labute approximate surface area is 74.6 Å². The van der Waals surface area contributed by atoms with Crippen LogP contribution in [0.4, 0.5) is 11.5 Å². The molecule has 62 valence electrons. The van der Waals surface area contributed by atoms with Crippen LogP contribution >= 0.6 is 11.6 Å². The fourth-order valence-corrected chi connectivity index (χ4v) is 1.12. The summed E-state index contributed by atoms with van der Waals surface area (Å²) in [6.07, 6.45) is 1.57. The molecule has 0 atom stereocenters. The number of fused-ring (bicyclic) bond motifs is 1. The van der Waals surface area contributed by atoms with Crippen LogP contribution in [-0.4, -0.2) is 10.8 Å². The van der Waals surface area contributed by atoms with Crippen LogP contribution in [0.1, 0.15) is 6.92 Å². The summed E-state index contributed by atoms with van der Waals surface area (Å²) < 4.78 is 0. The Morgan fingerprint density at radius 3 is 3.08 bits per heavy atom. The Morgan fingerprint density at radius 2 is 2.25 bits per heavy atom. The van der Waals surface area contributed by atoms with Crippen molar-refractivity contribution in [2.75, 3.05) is 5.43 Å². The van der Waals surface area contributed by atoms with Crippen molar-refractivity contribution in [2.24, 2.45) is 4.99 Å². The van der Waals surface area contributed by atoms with E-state index in [2.05, 4.69) is 20.8 Å². The molecule has 0 fully saturated rings. The molecule has 0 amide bonds. The van der Waals surface area contributed by atoms with Crippen LogP contribution in [0.2, 0.25) is 5.02 Å². The maximum absolute atomic E-state index is 5.74. The van der Waals surface area contributed by atoms with Gasteiger partial charge in [0.2, 0.25) is 0 Å². The number of hydrogen-bond acceptors (Lipinski definition) is 4. The highest BCUT2D eigenvalue weighted by molar-refractivity contribution is 6.30. The highest BCUT2D eigenvalue weighted by Crippen LogP contribution is 2.26. The Kier molecular flexibility index (Phi) is 1.62. The molecule has 1 aliphatic rings. The van der Waals surface area contributed by atoms with Crippen LogP contribution in [0.25, 0.3) is 0 Å². The molecule has 0 bridgehead atoms. The molecule has 0 spiro atoms. The van der Waals surface area contributed by atoms with E-state index < -0.39 is 0 Å². The normalized spacial score (nSPS) is 14.0. The molecule has 0 saturated heterocycles. The molecule has 4 nitrogen and oxygen atoms in total. The number of amidine groups is 1. The number of rotatable bonds is 0. The average Bonchev–Trinajstić information content (AvgIpc) is 2.03. The minimum Gasteiger partial charge on any atom is -0.287 e. The second kappa shape index (κ2) is 2.64. The number of aliphatic imine (C=N–C) groups is 1. The van der Waals surface area contributed by atoms with Gasteiger partial charge in [0, 0.05) is 6.20 Å². The van der Waals surface area contributed by atoms with Gasteiger partial charge in [0.25, 0.3) is 0 Å². The number of nitrogens with one attached hydrogen (secondary N) is 2. The lowest BCUT2D eigenvalue weighted by Gasteiger charge is -2.15. The Morgan fingerprint density at radius 1 is 1.42 bits per heavy atom. The summed E-state index contributed by atoms with van der Waals surface area (Å²) in [6, 6.07) is 1.77. The molecule has 12 heavy (non-hydrogen) atoms. The first kappa shape index (κ1) is 7.36. The van der Waals surface area contributed by atoms with Gasteiger partial charge in [-0.2, -0.15) is 0 Å². The van der Waals surface area contributed by atoms with E-state index in [-0.39, 0.29) is 0 Å². The fourth-order valence-electron chi connectivity index (χ4n) is 0.968. The highest BCUT2D eigenvalue weighted by atomic mass is 35.5. The first-order chi connectivity index (χ1) is 5.75. The molecule has 1 aromatic rings. The summed E-state index contributed by atoms with van der Waals surface area (Å²) >= 11 is 5.74. The van der Waals surface area contributed by atoms with E-state index in [0.29, 0.717) is 10.8 Å². The van der Waals surface area contributed by atoms with E-state index in [9.17, 15) is 0 Å². The average molecular weight is 183 g/mol. The first-order valence-corrected chi connectivity index (χ1v) is 3.86. The van der Waals surface area contributed by atoms with Crippen molar-refractivity contribution < 1.29 is 0 Å². The van der Waals surface area contributed by atoms with Gasteiger partial charge in [0.1, 0.15) is 11.5 Å². The summed E-state index contributed by atoms with van der Waals surface area (Å²) in [4.78, 5) is 8.24. The maximum atomic E-state index is 5.74. The standard InChI is InChI=1S/C7H7ClN4/c1-4-10-6-2-5(8)3-9-7(6)12-11-4/h2-3H,1H3,(H,9,12)(H,10,11). The molecule has 5 heteroatoms. The zero-order valence-corrected chi connectivity index (χ0v) is 7.18. The summed E-state index contributed by atoms with van der Waals surface area (Å²) in [7, 11) is 0. The van der Waals surface area contributed by atoms with Crippen molar-refractivity contribution in [1.82, 2.24) is 10.4 Å². The summed E-state index contributed by atoms with van der Waals surface area (Å²) in [5.74, 6) is 1.50. The predicted octanol–water partition coefficient (Wildman–Crippen LogP) is 1.71. The third kappa shape index (κ3) is 1.21. The number of pyridine rings is 1. The summed E-state index contributed by atoms with van der Waals surface area (Å²) in [5, 5.41) is 0.592. The zero-order valence-electron chi connectivity index (χ0n) is 6.43. The molecule has 1 aromatic heterocycles. The van der Waals surface area contributed by atoms with Gasteiger partial charge >= 0.3 is 0 Å². The van der Waals surface area contributed by atoms with Gasteiger partial charge in [0.15, 0.2) is 5.82 Å². The Hall–Kier alpha value is -1.29. The second-order valence-corrected chi connectivity index (χ2v) is 2.90. The van der Waals surface area contributed by atoms with Gasteiger partial charge in [-0.05, 0) is 13.0 Å². The summed E-state index contributed by atoms with van der Waals surface area (Å²) in [5.41, 5.74) is 6.50. The molecule has 1 aliphatic heterocycles. The summed E-state index contributed by atoms with van der Waals surface area (Å²) in [6.45, 7) is 1.86. The fraction of sp³-hybridized carbons (Fsp3) is 0.143.